The van der Waals surface area contributed by atoms with E-state index < -0.39 is 0 Å². The Morgan fingerprint density at radius 1 is 0.812 bits per heavy atom. The molecule has 16 heavy (non-hydrogen) atoms. The predicted molar refractivity (Wildman–Crippen MR) is 39.8 cm³/mol. The summed E-state index contributed by atoms with van der Waals surface area (Å²) in [5.74, 6) is 0. The first kappa shape index (κ1) is 29.4. The van der Waals surface area contributed by atoms with Gasteiger partial charge >= 0.3 is 101 Å². The van der Waals surface area contributed by atoms with Crippen molar-refractivity contribution in [2.24, 2.45) is 0 Å². The normalized spacial score (nSPS) is 9.00. The first-order chi connectivity index (χ1) is 7.89. The molecule has 0 spiro atoms. The topological polar surface area (TPSA) is 109 Å². The fourth-order valence-electron chi connectivity index (χ4n) is 0.475. The molecule has 1 heterocycles. The molecule has 1 fully saturated rings. The Kier molecular flexibility index (Phi) is 120. The zero-order valence-electron chi connectivity index (χ0n) is 7.98. The Balaban J connectivity index is -0.0000000351. The SMILES string of the molecule is [C-]#[O+].[C-]#[O+].[C-]#[O+].[C-]#[O+].[C-]#[O+].[Cr]=[C]1CCCO1. The zero-order chi connectivity index (χ0) is 14.4. The molecule has 0 unspecified atom stereocenters. The van der Waals surface area contributed by atoms with Gasteiger partial charge in [-0.25, -0.2) is 0 Å². The van der Waals surface area contributed by atoms with Crippen molar-refractivity contribution in [1.82, 2.24) is 0 Å². The summed E-state index contributed by atoms with van der Waals surface area (Å²) in [6.45, 7) is 23.4. The molecule has 0 bridgehead atoms. The molecule has 0 N–H and O–H groups in total. The van der Waals surface area contributed by atoms with E-state index in [1.165, 1.54) is 6.42 Å². The molecule has 0 saturated carbocycles. The van der Waals surface area contributed by atoms with E-state index >= 15 is 0 Å². The fraction of sp³-hybridized carbons (Fsp3) is 0.333. The van der Waals surface area contributed by atoms with Crippen LogP contribution in [0, 0.1) is 33.3 Å². The summed E-state index contributed by atoms with van der Waals surface area (Å²) >= 11 is 2.83. The van der Waals surface area contributed by atoms with Crippen LogP contribution in [0.3, 0.4) is 0 Å². The molecule has 1 aliphatic heterocycles. The van der Waals surface area contributed by atoms with Gasteiger partial charge in [-0.1, -0.05) is 0 Å². The molecule has 0 radical (unpaired) electrons. The van der Waals surface area contributed by atoms with Gasteiger partial charge in [0.05, 0.1) is 0 Å². The Labute approximate surface area is 102 Å². The molecule has 84 valence electrons. The predicted octanol–water partition coefficient (Wildman–Crippen LogP) is 0.286. The number of rotatable bonds is 0. The van der Waals surface area contributed by atoms with Gasteiger partial charge in [0.15, 0.2) is 0 Å². The molecule has 6 nitrogen and oxygen atoms in total. The molecule has 0 aromatic rings. The Morgan fingerprint density at radius 2 is 1.12 bits per heavy atom. The van der Waals surface area contributed by atoms with Gasteiger partial charge in [-0.3, -0.25) is 0 Å². The second-order valence-corrected chi connectivity index (χ2v) is 2.04. The average Bonchev–Trinajstić information content (AvgIpc) is 2.92. The van der Waals surface area contributed by atoms with Crippen LogP contribution in [0.25, 0.3) is 0 Å². The quantitative estimate of drug-likeness (QED) is 0.453. The third-order valence-electron chi connectivity index (χ3n) is 0.788. The van der Waals surface area contributed by atoms with Gasteiger partial charge in [-0.15, -0.1) is 0 Å². The minimum absolute atomic E-state index is 0.919. The van der Waals surface area contributed by atoms with E-state index in [1.54, 1.807) is 0 Å². The second-order valence-electron chi connectivity index (χ2n) is 1.32. The number of hydrogen-bond acceptors (Lipinski definition) is 1. The van der Waals surface area contributed by atoms with E-state index in [0.29, 0.717) is 0 Å². The summed E-state index contributed by atoms with van der Waals surface area (Å²) in [5, 5.41) is 0. The van der Waals surface area contributed by atoms with Crippen LogP contribution in [0.5, 0.6) is 0 Å². The standard InChI is InChI=1S/C4H6O.5CO.Cr/c1-2-4-5-3-1;5*1-2;/h1-3H2;;;;;;. The molecule has 0 amide bonds. The van der Waals surface area contributed by atoms with E-state index in [9.17, 15) is 0 Å². The van der Waals surface area contributed by atoms with E-state index in [0.717, 1.165) is 17.6 Å². The van der Waals surface area contributed by atoms with Gasteiger partial charge in [-0.05, 0) is 0 Å². The maximum atomic E-state index is 7.50. The summed E-state index contributed by atoms with van der Waals surface area (Å²) in [5.41, 5.74) is 0. The Hall–Kier alpha value is -0.938. The molecule has 0 atom stereocenters. The minimum atomic E-state index is 0.919. The van der Waals surface area contributed by atoms with Crippen LogP contribution < -0.4 is 0 Å². The summed E-state index contributed by atoms with van der Waals surface area (Å²) in [7, 11) is 0. The third-order valence-corrected chi connectivity index (χ3v) is 1.29. The monoisotopic (exact) mass is 262 g/mol. The average molecular weight is 262 g/mol. The van der Waals surface area contributed by atoms with Crippen molar-refractivity contribution in [2.75, 3.05) is 6.61 Å². The van der Waals surface area contributed by atoms with Crippen LogP contribution >= 0.6 is 0 Å². The van der Waals surface area contributed by atoms with Crippen molar-refractivity contribution >= 4 is 4.57 Å². The second kappa shape index (κ2) is 65.3. The molecule has 0 aliphatic carbocycles. The summed E-state index contributed by atoms with van der Waals surface area (Å²) in [6, 6.07) is 0. The molecule has 1 aliphatic rings. The van der Waals surface area contributed by atoms with E-state index in [2.05, 4.69) is 49.1 Å². The first-order valence-electron chi connectivity index (χ1n) is 3.07. The summed E-state index contributed by atoms with van der Waals surface area (Å²) in [6.07, 6.45) is 2.32. The van der Waals surface area contributed by atoms with Crippen molar-refractivity contribution in [3.05, 3.63) is 33.3 Å². The van der Waals surface area contributed by atoms with Crippen molar-refractivity contribution < 1.29 is 43.8 Å². The molecule has 1 saturated heterocycles. The summed E-state index contributed by atoms with van der Waals surface area (Å²) in [4.78, 5) is 0. The molecular weight excluding hydrogens is 256 g/mol. The Bertz CT molecular complexity index is 182. The summed E-state index contributed by atoms with van der Waals surface area (Å²) < 4.78 is 43.6. The van der Waals surface area contributed by atoms with Crippen LogP contribution in [0.15, 0.2) is 0 Å². The van der Waals surface area contributed by atoms with Gasteiger partial charge in [-0.2, -0.15) is 0 Å². The van der Waals surface area contributed by atoms with Crippen molar-refractivity contribution in [1.29, 1.82) is 0 Å². The molecule has 0 aromatic heterocycles. The molecular formula is C9H6CrO6. The van der Waals surface area contributed by atoms with Crippen LogP contribution in [-0.4, -0.2) is 11.2 Å². The maximum absolute atomic E-state index is 7.50. The fourth-order valence-corrected chi connectivity index (χ4v) is 0.830. The zero-order valence-corrected chi connectivity index (χ0v) is 9.25. The molecule has 1 rings (SSSR count). The van der Waals surface area contributed by atoms with Crippen LogP contribution in [-0.2, 0) is 43.8 Å². The van der Waals surface area contributed by atoms with Crippen molar-refractivity contribution in [3.8, 4) is 0 Å². The van der Waals surface area contributed by atoms with Crippen molar-refractivity contribution in [2.45, 2.75) is 12.8 Å². The van der Waals surface area contributed by atoms with E-state index in [1.807, 2.05) is 0 Å². The van der Waals surface area contributed by atoms with Crippen LogP contribution in [0.1, 0.15) is 12.8 Å². The number of hydrogen-bond donors (Lipinski definition) is 0. The first-order valence-corrected chi connectivity index (χ1v) is 3.71. The van der Waals surface area contributed by atoms with E-state index in [4.69, 9.17) is 28.0 Å². The third kappa shape index (κ3) is 51.7. The molecule has 7 heteroatoms. The van der Waals surface area contributed by atoms with Gasteiger partial charge < -0.3 is 0 Å². The van der Waals surface area contributed by atoms with Gasteiger partial charge in [0.2, 0.25) is 0 Å². The van der Waals surface area contributed by atoms with Gasteiger partial charge in [0.25, 0.3) is 0 Å². The Morgan fingerprint density at radius 3 is 1.19 bits per heavy atom. The van der Waals surface area contributed by atoms with Crippen molar-refractivity contribution in [3.63, 3.8) is 0 Å². The number of ether oxygens (including phenoxy) is 1. The van der Waals surface area contributed by atoms with Crippen LogP contribution in [0.2, 0.25) is 0 Å². The van der Waals surface area contributed by atoms with E-state index in [-0.39, 0.29) is 0 Å². The van der Waals surface area contributed by atoms with Gasteiger partial charge in [0, 0.05) is 0 Å². The molecule has 0 aromatic carbocycles. The van der Waals surface area contributed by atoms with Crippen LogP contribution in [0.4, 0.5) is 0 Å². The van der Waals surface area contributed by atoms with Gasteiger partial charge in [0.1, 0.15) is 0 Å².